The largest absolute Gasteiger partial charge is 0.399 e. The second kappa shape index (κ2) is 3.89. The summed E-state index contributed by atoms with van der Waals surface area (Å²) in [5.41, 5.74) is 9.28. The molecule has 3 heteroatoms. The van der Waals surface area contributed by atoms with Crippen molar-refractivity contribution in [1.29, 1.82) is 0 Å². The highest BCUT2D eigenvalue weighted by Gasteiger charge is 2.28. The van der Waals surface area contributed by atoms with E-state index in [0.717, 1.165) is 12.4 Å². The average molecular weight is 219 g/mol. The van der Waals surface area contributed by atoms with Crippen molar-refractivity contribution in [3.05, 3.63) is 18.2 Å². The molecule has 0 aliphatic carbocycles. The Balaban J connectivity index is 2.44. The maximum atomic E-state index is 5.87. The summed E-state index contributed by atoms with van der Waals surface area (Å²) in [4.78, 5) is 4.81. The zero-order valence-corrected chi connectivity index (χ0v) is 10.6. The smallest absolute Gasteiger partial charge is 0.0909 e. The summed E-state index contributed by atoms with van der Waals surface area (Å²) >= 11 is 0. The second-order valence-electron chi connectivity index (χ2n) is 5.02. The van der Waals surface area contributed by atoms with Crippen molar-refractivity contribution < 1.29 is 0 Å². The lowest BCUT2D eigenvalue weighted by atomic mass is 10.2. The van der Waals surface area contributed by atoms with Crippen LogP contribution < -0.4 is 15.5 Å². The predicted molar refractivity (Wildman–Crippen MR) is 71.0 cm³/mol. The molecule has 1 aromatic rings. The van der Waals surface area contributed by atoms with Crippen LogP contribution in [0.25, 0.3) is 0 Å². The fraction of sp³-hybridized carbons (Fsp3) is 0.538. The molecule has 0 fully saturated rings. The molecule has 0 aromatic heterocycles. The van der Waals surface area contributed by atoms with Crippen molar-refractivity contribution in [3.8, 4) is 0 Å². The van der Waals surface area contributed by atoms with Crippen molar-refractivity contribution in [3.63, 3.8) is 0 Å². The lowest BCUT2D eigenvalue weighted by Gasteiger charge is -2.27. The van der Waals surface area contributed by atoms with Crippen LogP contribution in [0.5, 0.6) is 0 Å². The Kier molecular flexibility index (Phi) is 2.70. The molecule has 0 saturated heterocycles. The van der Waals surface area contributed by atoms with Gasteiger partial charge in [-0.3, -0.25) is 0 Å². The normalized spacial score (nSPS) is 15.1. The summed E-state index contributed by atoms with van der Waals surface area (Å²) in [7, 11) is 0. The standard InChI is InChI=1S/C13H21N3/c1-9(2)15-8-16(10(3)4)13-7-11(14)5-6-12(13)15/h5-7,9-10H,8,14H2,1-4H3. The highest BCUT2D eigenvalue weighted by Crippen LogP contribution is 2.39. The zero-order valence-electron chi connectivity index (χ0n) is 10.6. The Hall–Kier alpha value is -1.38. The predicted octanol–water partition coefficient (Wildman–Crippen LogP) is 2.67. The molecule has 88 valence electrons. The van der Waals surface area contributed by atoms with Crippen molar-refractivity contribution in [2.75, 3.05) is 22.2 Å². The minimum absolute atomic E-state index is 0.504. The van der Waals surface area contributed by atoms with Crippen molar-refractivity contribution in [2.45, 2.75) is 39.8 Å². The van der Waals surface area contributed by atoms with Crippen LogP contribution in [0.4, 0.5) is 17.1 Å². The number of hydrogen-bond acceptors (Lipinski definition) is 3. The highest BCUT2D eigenvalue weighted by molar-refractivity contribution is 5.80. The van der Waals surface area contributed by atoms with E-state index in [9.17, 15) is 0 Å². The van der Waals surface area contributed by atoms with Gasteiger partial charge in [0.05, 0.1) is 18.0 Å². The number of fused-ring (bicyclic) bond motifs is 1. The molecular weight excluding hydrogens is 198 g/mol. The number of nitrogens with two attached hydrogens (primary N) is 1. The first-order chi connectivity index (χ1) is 7.50. The van der Waals surface area contributed by atoms with E-state index < -0.39 is 0 Å². The summed E-state index contributed by atoms with van der Waals surface area (Å²) in [5, 5.41) is 0. The van der Waals surface area contributed by atoms with Gasteiger partial charge in [0.25, 0.3) is 0 Å². The fourth-order valence-corrected chi connectivity index (χ4v) is 2.21. The quantitative estimate of drug-likeness (QED) is 0.776. The van der Waals surface area contributed by atoms with Gasteiger partial charge in [-0.05, 0) is 45.9 Å². The molecule has 0 unspecified atom stereocenters. The molecule has 0 amide bonds. The van der Waals surface area contributed by atoms with E-state index in [1.165, 1.54) is 11.4 Å². The summed E-state index contributed by atoms with van der Waals surface area (Å²) in [5.74, 6) is 0. The van der Waals surface area contributed by atoms with Gasteiger partial charge in [-0.2, -0.15) is 0 Å². The van der Waals surface area contributed by atoms with E-state index in [4.69, 9.17) is 5.73 Å². The molecule has 1 aliphatic heterocycles. The summed E-state index contributed by atoms with van der Waals surface area (Å²) in [6.07, 6.45) is 0. The van der Waals surface area contributed by atoms with Crippen LogP contribution >= 0.6 is 0 Å². The number of nitrogen functional groups attached to an aromatic ring is 1. The van der Waals surface area contributed by atoms with Crippen LogP contribution in [-0.4, -0.2) is 18.8 Å². The molecule has 2 rings (SSSR count). The van der Waals surface area contributed by atoms with Gasteiger partial charge in [0, 0.05) is 17.8 Å². The molecular formula is C13H21N3. The SMILES string of the molecule is CC(C)N1CN(C(C)C)c2cc(N)ccc21. The lowest BCUT2D eigenvalue weighted by molar-refractivity contribution is 0.641. The van der Waals surface area contributed by atoms with E-state index >= 15 is 0 Å². The number of hydrogen-bond donors (Lipinski definition) is 1. The van der Waals surface area contributed by atoms with E-state index in [2.05, 4.69) is 49.6 Å². The third kappa shape index (κ3) is 1.70. The minimum atomic E-state index is 0.504. The van der Waals surface area contributed by atoms with Crippen LogP contribution in [0.2, 0.25) is 0 Å². The maximum absolute atomic E-state index is 5.87. The number of benzene rings is 1. The molecule has 0 saturated carbocycles. The maximum Gasteiger partial charge on any atom is 0.0909 e. The molecule has 1 aromatic carbocycles. The Morgan fingerprint density at radius 1 is 1.00 bits per heavy atom. The van der Waals surface area contributed by atoms with Gasteiger partial charge in [-0.25, -0.2) is 0 Å². The van der Waals surface area contributed by atoms with Crippen LogP contribution in [0, 0.1) is 0 Å². The van der Waals surface area contributed by atoms with Crippen LogP contribution in [-0.2, 0) is 0 Å². The van der Waals surface area contributed by atoms with Crippen molar-refractivity contribution in [2.24, 2.45) is 0 Å². The van der Waals surface area contributed by atoms with Crippen LogP contribution in [0.1, 0.15) is 27.7 Å². The molecule has 2 N–H and O–H groups in total. The zero-order chi connectivity index (χ0) is 11.9. The van der Waals surface area contributed by atoms with Gasteiger partial charge < -0.3 is 15.5 Å². The van der Waals surface area contributed by atoms with Gasteiger partial charge in [0.15, 0.2) is 0 Å². The third-order valence-corrected chi connectivity index (χ3v) is 3.17. The van der Waals surface area contributed by atoms with Gasteiger partial charge >= 0.3 is 0 Å². The third-order valence-electron chi connectivity index (χ3n) is 3.17. The van der Waals surface area contributed by atoms with Gasteiger partial charge in [-0.1, -0.05) is 0 Å². The van der Waals surface area contributed by atoms with E-state index in [1.807, 2.05) is 6.07 Å². The summed E-state index contributed by atoms with van der Waals surface area (Å²) in [6.45, 7) is 9.86. The Morgan fingerprint density at radius 3 is 2.12 bits per heavy atom. The van der Waals surface area contributed by atoms with Gasteiger partial charge in [0.2, 0.25) is 0 Å². The van der Waals surface area contributed by atoms with Crippen molar-refractivity contribution in [1.82, 2.24) is 0 Å². The van der Waals surface area contributed by atoms with E-state index in [1.54, 1.807) is 0 Å². The molecule has 1 heterocycles. The number of nitrogens with zero attached hydrogens (tertiary/aromatic N) is 2. The lowest BCUT2D eigenvalue weighted by Crippen LogP contribution is -2.38. The summed E-state index contributed by atoms with van der Waals surface area (Å²) < 4.78 is 0. The fourth-order valence-electron chi connectivity index (χ4n) is 2.21. The van der Waals surface area contributed by atoms with Gasteiger partial charge in [0.1, 0.15) is 0 Å². The Labute approximate surface area is 97.8 Å². The Bertz CT molecular complexity index is 385. The van der Waals surface area contributed by atoms with E-state index in [-0.39, 0.29) is 0 Å². The number of anilines is 3. The molecule has 1 aliphatic rings. The average Bonchev–Trinajstić information content (AvgIpc) is 2.56. The van der Waals surface area contributed by atoms with Gasteiger partial charge in [-0.15, -0.1) is 0 Å². The van der Waals surface area contributed by atoms with Crippen LogP contribution in [0.15, 0.2) is 18.2 Å². The minimum Gasteiger partial charge on any atom is -0.399 e. The molecule has 0 atom stereocenters. The monoisotopic (exact) mass is 219 g/mol. The molecule has 3 nitrogen and oxygen atoms in total. The van der Waals surface area contributed by atoms with Crippen LogP contribution in [0.3, 0.4) is 0 Å². The molecule has 16 heavy (non-hydrogen) atoms. The molecule has 0 radical (unpaired) electrons. The first-order valence-corrected chi connectivity index (χ1v) is 5.93. The first kappa shape index (κ1) is 11.1. The molecule has 0 spiro atoms. The van der Waals surface area contributed by atoms with E-state index in [0.29, 0.717) is 12.1 Å². The van der Waals surface area contributed by atoms with Crippen molar-refractivity contribution >= 4 is 17.1 Å². The Morgan fingerprint density at radius 2 is 1.56 bits per heavy atom. The second-order valence-corrected chi connectivity index (χ2v) is 5.02. The molecule has 0 bridgehead atoms. The highest BCUT2D eigenvalue weighted by atomic mass is 15.4. The first-order valence-electron chi connectivity index (χ1n) is 5.93. The number of rotatable bonds is 2. The topological polar surface area (TPSA) is 32.5 Å². The summed E-state index contributed by atoms with van der Waals surface area (Å²) in [6, 6.07) is 7.22.